The highest BCUT2D eigenvalue weighted by molar-refractivity contribution is 4.85. The summed E-state index contributed by atoms with van der Waals surface area (Å²) < 4.78 is 5.48. The Bertz CT molecular complexity index is 153. The molecule has 0 amide bonds. The first-order valence-corrected chi connectivity index (χ1v) is 5.68. The van der Waals surface area contributed by atoms with Gasteiger partial charge in [-0.25, -0.2) is 0 Å². The minimum Gasteiger partial charge on any atom is -0.377 e. The lowest BCUT2D eigenvalue weighted by molar-refractivity contribution is 0.0741. The molecule has 0 aromatic carbocycles. The second kappa shape index (κ2) is 5.69. The molecule has 1 fully saturated rings. The highest BCUT2D eigenvalue weighted by atomic mass is 16.5. The molecule has 1 aliphatic rings. The maximum absolute atomic E-state index is 5.48. The van der Waals surface area contributed by atoms with Crippen LogP contribution in [0.2, 0.25) is 0 Å². The van der Waals surface area contributed by atoms with Crippen LogP contribution < -0.4 is 5.32 Å². The van der Waals surface area contributed by atoms with Gasteiger partial charge in [0, 0.05) is 31.8 Å². The van der Waals surface area contributed by atoms with Crippen molar-refractivity contribution in [2.75, 3.05) is 26.7 Å². The second-order valence-corrected chi connectivity index (χ2v) is 4.40. The highest BCUT2D eigenvalue weighted by Gasteiger charge is 2.25. The van der Waals surface area contributed by atoms with Gasteiger partial charge in [0.05, 0.1) is 6.10 Å². The van der Waals surface area contributed by atoms with Crippen molar-refractivity contribution in [1.29, 1.82) is 0 Å². The van der Waals surface area contributed by atoms with Crippen LogP contribution in [0.4, 0.5) is 0 Å². The number of rotatable bonds is 5. The summed E-state index contributed by atoms with van der Waals surface area (Å²) >= 11 is 0. The van der Waals surface area contributed by atoms with E-state index in [0.717, 1.165) is 19.2 Å². The molecule has 3 heteroatoms. The molecule has 0 bridgehead atoms. The second-order valence-electron chi connectivity index (χ2n) is 4.40. The summed E-state index contributed by atoms with van der Waals surface area (Å²) in [7, 11) is 2.19. The predicted molar refractivity (Wildman–Crippen MR) is 59.6 cm³/mol. The number of hydrogen-bond donors (Lipinski definition) is 1. The van der Waals surface area contributed by atoms with E-state index in [0.29, 0.717) is 12.1 Å². The highest BCUT2D eigenvalue weighted by Crippen LogP contribution is 2.14. The van der Waals surface area contributed by atoms with E-state index in [-0.39, 0.29) is 0 Å². The first-order valence-electron chi connectivity index (χ1n) is 5.68. The van der Waals surface area contributed by atoms with Crippen molar-refractivity contribution >= 4 is 0 Å². The van der Waals surface area contributed by atoms with Crippen molar-refractivity contribution in [3.8, 4) is 0 Å². The molecule has 0 saturated carbocycles. The van der Waals surface area contributed by atoms with Crippen LogP contribution in [0.25, 0.3) is 0 Å². The third-order valence-electron chi connectivity index (χ3n) is 3.03. The van der Waals surface area contributed by atoms with E-state index in [2.05, 4.69) is 31.1 Å². The molecule has 0 aromatic heterocycles. The first kappa shape index (κ1) is 12.0. The number of likely N-dealkylation sites (tertiary alicyclic amines) is 1. The third-order valence-corrected chi connectivity index (χ3v) is 3.03. The summed E-state index contributed by atoms with van der Waals surface area (Å²) in [6.07, 6.45) is 1.59. The summed E-state index contributed by atoms with van der Waals surface area (Å²) in [6.45, 7) is 9.40. The van der Waals surface area contributed by atoms with Gasteiger partial charge in [-0.05, 0) is 34.2 Å². The summed E-state index contributed by atoms with van der Waals surface area (Å²) in [5.74, 6) is 0. The van der Waals surface area contributed by atoms with Crippen LogP contribution in [-0.4, -0.2) is 49.8 Å². The van der Waals surface area contributed by atoms with E-state index in [1.165, 1.54) is 13.0 Å². The Hall–Kier alpha value is -0.120. The van der Waals surface area contributed by atoms with Crippen LogP contribution in [-0.2, 0) is 4.74 Å². The molecule has 14 heavy (non-hydrogen) atoms. The minimum absolute atomic E-state index is 0.334. The maximum atomic E-state index is 5.48. The van der Waals surface area contributed by atoms with E-state index < -0.39 is 0 Å². The van der Waals surface area contributed by atoms with E-state index in [1.807, 2.05) is 6.92 Å². The molecule has 84 valence electrons. The van der Waals surface area contributed by atoms with Crippen LogP contribution >= 0.6 is 0 Å². The van der Waals surface area contributed by atoms with E-state index in [9.17, 15) is 0 Å². The molecular weight excluding hydrogens is 176 g/mol. The average molecular weight is 200 g/mol. The zero-order valence-corrected chi connectivity index (χ0v) is 9.92. The molecular formula is C11H24N2O. The van der Waals surface area contributed by atoms with Gasteiger partial charge in [-0.1, -0.05) is 0 Å². The van der Waals surface area contributed by atoms with Crippen LogP contribution in [0.1, 0.15) is 27.2 Å². The van der Waals surface area contributed by atoms with Gasteiger partial charge in [0.15, 0.2) is 0 Å². The Balaban J connectivity index is 2.13. The molecule has 1 rings (SSSR count). The number of nitrogens with zero attached hydrogens (tertiary/aromatic N) is 1. The van der Waals surface area contributed by atoms with Crippen molar-refractivity contribution in [3.63, 3.8) is 0 Å². The number of nitrogens with one attached hydrogen (secondary N) is 1. The number of ether oxygens (including phenoxy) is 1. The van der Waals surface area contributed by atoms with Crippen LogP contribution in [0.5, 0.6) is 0 Å². The lowest BCUT2D eigenvalue weighted by Crippen LogP contribution is -2.37. The summed E-state index contributed by atoms with van der Waals surface area (Å²) in [6, 6.07) is 1.37. The topological polar surface area (TPSA) is 24.5 Å². The van der Waals surface area contributed by atoms with Crippen molar-refractivity contribution in [3.05, 3.63) is 0 Å². The average Bonchev–Trinajstić information content (AvgIpc) is 2.44. The van der Waals surface area contributed by atoms with Gasteiger partial charge in [0.1, 0.15) is 0 Å². The van der Waals surface area contributed by atoms with Gasteiger partial charge in [-0.15, -0.1) is 0 Å². The lowest BCUT2D eigenvalue weighted by Gasteiger charge is -2.16. The van der Waals surface area contributed by atoms with E-state index >= 15 is 0 Å². The molecule has 0 radical (unpaired) electrons. The monoisotopic (exact) mass is 200 g/mol. The molecule has 0 spiro atoms. The Morgan fingerprint density at radius 1 is 1.57 bits per heavy atom. The molecule has 3 nitrogen and oxygen atoms in total. The molecule has 1 saturated heterocycles. The van der Waals surface area contributed by atoms with Crippen molar-refractivity contribution in [2.45, 2.75) is 45.4 Å². The normalized spacial score (nSPS) is 30.9. The van der Waals surface area contributed by atoms with E-state index in [4.69, 9.17) is 4.74 Å². The predicted octanol–water partition coefficient (Wildman–Crippen LogP) is 1.09. The lowest BCUT2D eigenvalue weighted by atomic mass is 10.2. The zero-order chi connectivity index (χ0) is 10.6. The number of likely N-dealkylation sites (N-methyl/N-ethyl adjacent to an activating group) is 1. The molecule has 3 unspecified atom stereocenters. The number of hydrogen-bond acceptors (Lipinski definition) is 3. The molecule has 1 N–H and O–H groups in total. The summed E-state index contributed by atoms with van der Waals surface area (Å²) in [5, 5.41) is 3.56. The Kier molecular flexibility index (Phi) is 4.85. The molecule has 1 aliphatic heterocycles. The smallest absolute Gasteiger partial charge is 0.0671 e. The quantitative estimate of drug-likeness (QED) is 0.719. The summed E-state index contributed by atoms with van der Waals surface area (Å²) in [4.78, 5) is 2.41. The minimum atomic E-state index is 0.334. The SMILES string of the molecule is CCOC(C)CNC1CC(C)N(C)C1. The van der Waals surface area contributed by atoms with Gasteiger partial charge in [0.25, 0.3) is 0 Å². The molecule has 3 atom stereocenters. The van der Waals surface area contributed by atoms with E-state index in [1.54, 1.807) is 0 Å². The van der Waals surface area contributed by atoms with Gasteiger partial charge < -0.3 is 15.0 Å². The van der Waals surface area contributed by atoms with Crippen LogP contribution in [0.15, 0.2) is 0 Å². The molecule has 0 aromatic rings. The third kappa shape index (κ3) is 3.56. The largest absolute Gasteiger partial charge is 0.377 e. The fraction of sp³-hybridized carbons (Fsp3) is 1.00. The van der Waals surface area contributed by atoms with Gasteiger partial charge in [-0.3, -0.25) is 0 Å². The standard InChI is InChI=1S/C11H24N2O/c1-5-14-10(3)7-12-11-6-9(2)13(4)8-11/h9-12H,5-8H2,1-4H3. The van der Waals surface area contributed by atoms with Gasteiger partial charge in [-0.2, -0.15) is 0 Å². The Morgan fingerprint density at radius 2 is 2.29 bits per heavy atom. The summed E-state index contributed by atoms with van der Waals surface area (Å²) in [5.41, 5.74) is 0. The van der Waals surface area contributed by atoms with Crippen LogP contribution in [0.3, 0.4) is 0 Å². The first-order chi connectivity index (χ1) is 6.63. The molecule has 0 aliphatic carbocycles. The Labute approximate surface area is 87.8 Å². The zero-order valence-electron chi connectivity index (χ0n) is 9.92. The fourth-order valence-electron chi connectivity index (χ4n) is 2.02. The van der Waals surface area contributed by atoms with Crippen LogP contribution in [0, 0.1) is 0 Å². The van der Waals surface area contributed by atoms with Crippen molar-refractivity contribution < 1.29 is 4.74 Å². The van der Waals surface area contributed by atoms with Crippen molar-refractivity contribution in [2.24, 2.45) is 0 Å². The Morgan fingerprint density at radius 3 is 2.79 bits per heavy atom. The van der Waals surface area contributed by atoms with Gasteiger partial charge in [0.2, 0.25) is 0 Å². The van der Waals surface area contributed by atoms with Gasteiger partial charge >= 0.3 is 0 Å². The molecule has 1 heterocycles. The van der Waals surface area contributed by atoms with Crippen molar-refractivity contribution in [1.82, 2.24) is 10.2 Å². The fourth-order valence-corrected chi connectivity index (χ4v) is 2.02. The maximum Gasteiger partial charge on any atom is 0.0671 e.